The van der Waals surface area contributed by atoms with E-state index < -0.39 is 6.10 Å². The van der Waals surface area contributed by atoms with Crippen LogP contribution in [-0.4, -0.2) is 42.9 Å². The Labute approximate surface area is 118 Å². The van der Waals surface area contributed by atoms with Gasteiger partial charge in [-0.25, -0.2) is 0 Å². The van der Waals surface area contributed by atoms with Gasteiger partial charge in [-0.05, 0) is 25.0 Å². The zero-order valence-corrected chi connectivity index (χ0v) is 11.8. The minimum atomic E-state index is -0.583. The van der Waals surface area contributed by atoms with Gasteiger partial charge < -0.3 is 14.3 Å². The first kappa shape index (κ1) is 13.6. The summed E-state index contributed by atoms with van der Waals surface area (Å²) in [6, 6.07) is 10.4. The molecule has 1 heterocycles. The number of aliphatic hydroxyl groups is 1. The average Bonchev–Trinajstić information content (AvgIpc) is 3.21. The molecule has 0 aliphatic heterocycles. The number of benzene rings is 1. The predicted molar refractivity (Wildman–Crippen MR) is 77.6 cm³/mol. The van der Waals surface area contributed by atoms with Gasteiger partial charge in [0.25, 0.3) is 0 Å². The monoisotopic (exact) mass is 275 g/mol. The maximum Gasteiger partial charge on any atom is 0.135 e. The highest BCUT2D eigenvalue weighted by atomic mass is 16.5. The first-order valence-electron chi connectivity index (χ1n) is 7.17. The molecule has 4 nitrogen and oxygen atoms in total. The fraction of sp³-hybridized carbons (Fsp3) is 0.500. The lowest BCUT2D eigenvalue weighted by atomic mass is 10.2. The fourth-order valence-electron chi connectivity index (χ4n) is 2.55. The SMILES string of the molecule is COCCN(CC(O)c1cc2ccccc2o1)C1CC1. The molecule has 0 radical (unpaired) electrons. The number of aliphatic hydroxyl groups excluding tert-OH is 1. The number of fused-ring (bicyclic) bond motifs is 1. The molecule has 4 heteroatoms. The van der Waals surface area contributed by atoms with Crippen molar-refractivity contribution in [2.45, 2.75) is 25.0 Å². The summed E-state index contributed by atoms with van der Waals surface area (Å²) in [5.74, 6) is 0.647. The van der Waals surface area contributed by atoms with Crippen LogP contribution >= 0.6 is 0 Å². The standard InChI is InChI=1S/C16H21NO3/c1-19-9-8-17(13-6-7-13)11-14(18)16-10-12-4-2-3-5-15(12)20-16/h2-5,10,13-14,18H,6-9,11H2,1H3. The van der Waals surface area contributed by atoms with Crippen molar-refractivity contribution in [2.24, 2.45) is 0 Å². The summed E-state index contributed by atoms with van der Waals surface area (Å²) in [6.45, 7) is 2.16. The van der Waals surface area contributed by atoms with Crippen molar-refractivity contribution in [3.05, 3.63) is 36.1 Å². The Morgan fingerprint density at radius 2 is 2.20 bits per heavy atom. The number of furan rings is 1. The lowest BCUT2D eigenvalue weighted by molar-refractivity contribution is 0.0734. The van der Waals surface area contributed by atoms with E-state index in [1.807, 2.05) is 30.3 Å². The normalized spacial score (nSPS) is 16.9. The number of hydrogen-bond acceptors (Lipinski definition) is 4. The van der Waals surface area contributed by atoms with Crippen molar-refractivity contribution in [3.8, 4) is 0 Å². The van der Waals surface area contributed by atoms with E-state index >= 15 is 0 Å². The zero-order valence-electron chi connectivity index (χ0n) is 11.8. The molecule has 1 aliphatic carbocycles. The van der Waals surface area contributed by atoms with Crippen molar-refractivity contribution in [3.63, 3.8) is 0 Å². The van der Waals surface area contributed by atoms with Crippen LogP contribution in [0.3, 0.4) is 0 Å². The number of nitrogens with zero attached hydrogens (tertiary/aromatic N) is 1. The highest BCUT2D eigenvalue weighted by Crippen LogP contribution is 2.30. The Kier molecular flexibility index (Phi) is 4.05. The van der Waals surface area contributed by atoms with E-state index in [1.165, 1.54) is 12.8 Å². The highest BCUT2D eigenvalue weighted by Gasteiger charge is 2.30. The number of methoxy groups -OCH3 is 1. The van der Waals surface area contributed by atoms with Gasteiger partial charge in [0.1, 0.15) is 17.4 Å². The van der Waals surface area contributed by atoms with E-state index in [2.05, 4.69) is 4.90 Å². The second-order valence-corrected chi connectivity index (χ2v) is 5.42. The summed E-state index contributed by atoms with van der Waals surface area (Å²) < 4.78 is 10.9. The second-order valence-electron chi connectivity index (χ2n) is 5.42. The lowest BCUT2D eigenvalue weighted by Crippen LogP contribution is -2.33. The molecule has 1 saturated carbocycles. The number of para-hydroxylation sites is 1. The Bertz CT molecular complexity index is 529. The van der Waals surface area contributed by atoms with E-state index in [-0.39, 0.29) is 0 Å². The largest absolute Gasteiger partial charge is 0.458 e. The number of ether oxygens (including phenoxy) is 1. The molecule has 1 aliphatic rings. The third-order valence-corrected chi connectivity index (χ3v) is 3.83. The van der Waals surface area contributed by atoms with E-state index in [9.17, 15) is 5.11 Å². The number of rotatable bonds is 7. The quantitative estimate of drug-likeness (QED) is 0.843. The molecule has 1 aromatic carbocycles. The van der Waals surface area contributed by atoms with Gasteiger partial charge in [-0.3, -0.25) is 4.90 Å². The van der Waals surface area contributed by atoms with Crippen LogP contribution in [0.25, 0.3) is 11.0 Å². The van der Waals surface area contributed by atoms with Crippen LogP contribution in [0.5, 0.6) is 0 Å². The lowest BCUT2D eigenvalue weighted by Gasteiger charge is -2.23. The molecule has 0 spiro atoms. The van der Waals surface area contributed by atoms with E-state index in [1.54, 1.807) is 7.11 Å². The Balaban J connectivity index is 1.69. The van der Waals surface area contributed by atoms with Crippen molar-refractivity contribution >= 4 is 11.0 Å². The van der Waals surface area contributed by atoms with Crippen LogP contribution in [0.15, 0.2) is 34.7 Å². The van der Waals surface area contributed by atoms with Crippen molar-refractivity contribution in [1.82, 2.24) is 4.90 Å². The van der Waals surface area contributed by atoms with E-state index in [0.717, 1.165) is 17.5 Å². The average molecular weight is 275 g/mol. The summed E-state index contributed by atoms with van der Waals surface area (Å²) in [6.07, 6.45) is 1.85. The molecule has 1 atom stereocenters. The molecule has 108 valence electrons. The minimum Gasteiger partial charge on any atom is -0.458 e. The van der Waals surface area contributed by atoms with Crippen LogP contribution < -0.4 is 0 Å². The summed E-state index contributed by atoms with van der Waals surface area (Å²) in [5.41, 5.74) is 0.830. The van der Waals surface area contributed by atoms with Gasteiger partial charge in [-0.2, -0.15) is 0 Å². The fourth-order valence-corrected chi connectivity index (χ4v) is 2.55. The van der Waals surface area contributed by atoms with Crippen LogP contribution in [0.1, 0.15) is 24.7 Å². The molecule has 1 N–H and O–H groups in total. The second kappa shape index (κ2) is 5.95. The van der Waals surface area contributed by atoms with Gasteiger partial charge in [0.05, 0.1) is 6.61 Å². The maximum absolute atomic E-state index is 10.4. The number of hydrogen-bond donors (Lipinski definition) is 1. The van der Waals surface area contributed by atoms with Gasteiger partial charge in [-0.15, -0.1) is 0 Å². The van der Waals surface area contributed by atoms with Crippen molar-refractivity contribution in [1.29, 1.82) is 0 Å². The van der Waals surface area contributed by atoms with Crippen LogP contribution in [0.2, 0.25) is 0 Å². The van der Waals surface area contributed by atoms with Gasteiger partial charge >= 0.3 is 0 Å². The minimum absolute atomic E-state index is 0.583. The Hall–Kier alpha value is -1.36. The molecule has 0 saturated heterocycles. The predicted octanol–water partition coefficient (Wildman–Crippen LogP) is 2.58. The molecule has 3 rings (SSSR count). The molecule has 0 bridgehead atoms. The third kappa shape index (κ3) is 3.03. The molecular weight excluding hydrogens is 254 g/mol. The Morgan fingerprint density at radius 1 is 1.40 bits per heavy atom. The van der Waals surface area contributed by atoms with Gasteiger partial charge in [0.15, 0.2) is 0 Å². The highest BCUT2D eigenvalue weighted by molar-refractivity contribution is 5.77. The van der Waals surface area contributed by atoms with Crippen LogP contribution in [0.4, 0.5) is 0 Å². The van der Waals surface area contributed by atoms with Gasteiger partial charge in [0, 0.05) is 31.6 Å². The van der Waals surface area contributed by atoms with Crippen molar-refractivity contribution < 1.29 is 14.3 Å². The summed E-state index contributed by atoms with van der Waals surface area (Å²) >= 11 is 0. The summed E-state index contributed by atoms with van der Waals surface area (Å²) in [5, 5.41) is 11.4. The molecule has 20 heavy (non-hydrogen) atoms. The first-order chi connectivity index (χ1) is 9.78. The molecule has 1 fully saturated rings. The molecule has 0 amide bonds. The van der Waals surface area contributed by atoms with Gasteiger partial charge in [0.2, 0.25) is 0 Å². The maximum atomic E-state index is 10.4. The topological polar surface area (TPSA) is 45.8 Å². The zero-order chi connectivity index (χ0) is 13.9. The molecular formula is C16H21NO3. The van der Waals surface area contributed by atoms with E-state index in [0.29, 0.717) is 25.0 Å². The van der Waals surface area contributed by atoms with Crippen LogP contribution in [-0.2, 0) is 4.74 Å². The molecule has 1 aromatic heterocycles. The van der Waals surface area contributed by atoms with E-state index in [4.69, 9.17) is 9.15 Å². The first-order valence-corrected chi connectivity index (χ1v) is 7.17. The van der Waals surface area contributed by atoms with Crippen molar-refractivity contribution in [2.75, 3.05) is 26.8 Å². The Morgan fingerprint density at radius 3 is 2.90 bits per heavy atom. The van der Waals surface area contributed by atoms with Crippen LogP contribution in [0, 0.1) is 0 Å². The smallest absolute Gasteiger partial charge is 0.135 e. The molecule has 2 aromatic rings. The molecule has 1 unspecified atom stereocenters. The summed E-state index contributed by atoms with van der Waals surface area (Å²) in [7, 11) is 1.71. The summed E-state index contributed by atoms with van der Waals surface area (Å²) in [4.78, 5) is 2.29. The van der Waals surface area contributed by atoms with Gasteiger partial charge in [-0.1, -0.05) is 18.2 Å². The third-order valence-electron chi connectivity index (χ3n) is 3.83.